The van der Waals surface area contributed by atoms with Crippen molar-refractivity contribution in [2.75, 3.05) is 5.32 Å². The highest BCUT2D eigenvalue weighted by Gasteiger charge is 2.36. The van der Waals surface area contributed by atoms with E-state index in [1.165, 1.54) is 6.07 Å². The van der Waals surface area contributed by atoms with Crippen molar-refractivity contribution in [2.24, 2.45) is 5.92 Å². The van der Waals surface area contributed by atoms with Gasteiger partial charge in [-0.25, -0.2) is 4.98 Å². The molecule has 0 aliphatic heterocycles. The van der Waals surface area contributed by atoms with Crippen LogP contribution in [-0.2, 0) is 11.0 Å². The van der Waals surface area contributed by atoms with Gasteiger partial charge in [0.15, 0.2) is 0 Å². The molecular formula is C20H21F3N2O2. The molecule has 0 spiro atoms. The summed E-state index contributed by atoms with van der Waals surface area (Å²) >= 11 is 0. The van der Waals surface area contributed by atoms with Gasteiger partial charge in [0.25, 0.3) is 0 Å². The summed E-state index contributed by atoms with van der Waals surface area (Å²) in [6.45, 7) is 1.73. The zero-order valence-corrected chi connectivity index (χ0v) is 14.9. The van der Waals surface area contributed by atoms with Crippen molar-refractivity contribution in [2.45, 2.75) is 44.8 Å². The van der Waals surface area contributed by atoms with E-state index in [0.29, 0.717) is 24.0 Å². The van der Waals surface area contributed by atoms with Crippen molar-refractivity contribution in [1.82, 2.24) is 4.98 Å². The molecule has 2 N–H and O–H groups in total. The number of nitrogens with zero attached hydrogens (tertiary/aromatic N) is 1. The second kappa shape index (κ2) is 7.58. The molecule has 1 aliphatic carbocycles. The minimum absolute atomic E-state index is 0.145. The number of rotatable bonds is 4. The number of aromatic nitrogens is 1. The van der Waals surface area contributed by atoms with Gasteiger partial charge in [-0.15, -0.1) is 0 Å². The number of aryl methyl sites for hydroxylation is 1. The molecule has 1 aromatic heterocycles. The Morgan fingerprint density at radius 2 is 1.85 bits per heavy atom. The molecule has 1 aromatic carbocycles. The van der Waals surface area contributed by atoms with Crippen molar-refractivity contribution < 1.29 is 23.1 Å². The van der Waals surface area contributed by atoms with E-state index in [1.807, 2.05) is 0 Å². The average Bonchev–Trinajstić information content (AvgIpc) is 2.61. The summed E-state index contributed by atoms with van der Waals surface area (Å²) in [6, 6.07) is 8.72. The van der Waals surface area contributed by atoms with Crippen molar-refractivity contribution in [3.8, 4) is 11.3 Å². The molecule has 2 atom stereocenters. The van der Waals surface area contributed by atoms with Gasteiger partial charge in [0.2, 0.25) is 0 Å². The first-order valence-electron chi connectivity index (χ1n) is 8.91. The second-order valence-corrected chi connectivity index (χ2v) is 6.89. The smallest absolute Gasteiger partial charge is 0.418 e. The molecule has 0 bridgehead atoms. The number of nitrogens with one attached hydrogen (secondary N) is 1. The minimum Gasteiger partial charge on any atom is -0.481 e. The van der Waals surface area contributed by atoms with Gasteiger partial charge in [-0.2, -0.15) is 13.2 Å². The Bertz CT molecular complexity index is 836. The molecule has 0 saturated heterocycles. The van der Waals surface area contributed by atoms with Crippen LogP contribution in [0.1, 0.15) is 36.8 Å². The first-order chi connectivity index (χ1) is 12.8. The van der Waals surface area contributed by atoms with Crippen molar-refractivity contribution in [3.63, 3.8) is 0 Å². The fourth-order valence-corrected chi connectivity index (χ4v) is 3.60. The molecule has 7 heteroatoms. The molecule has 0 amide bonds. The maximum atomic E-state index is 13.5. The van der Waals surface area contributed by atoms with Gasteiger partial charge < -0.3 is 10.4 Å². The molecule has 0 radical (unpaired) electrons. The maximum Gasteiger partial charge on any atom is 0.418 e. The number of halogens is 3. The third kappa shape index (κ3) is 4.23. The predicted octanol–water partition coefficient (Wildman–Crippen LogP) is 5.13. The second-order valence-electron chi connectivity index (χ2n) is 6.89. The van der Waals surface area contributed by atoms with E-state index in [0.717, 1.165) is 18.9 Å². The van der Waals surface area contributed by atoms with Gasteiger partial charge in [0.1, 0.15) is 5.82 Å². The monoisotopic (exact) mass is 378 g/mol. The standard InChI is InChI=1S/C20H21F3N2O2/c1-12-6-2-3-7-13(12)18-15(20(21,22)23)10-11-17(25-18)24-16-9-5-4-8-14(16)19(26)27/h2-3,6-7,10-11,14,16H,4-5,8-9H2,1H3,(H,24,25)(H,26,27). The highest BCUT2D eigenvalue weighted by molar-refractivity contribution is 5.72. The summed E-state index contributed by atoms with van der Waals surface area (Å²) in [4.78, 5) is 15.7. The molecular weight excluding hydrogens is 357 g/mol. The third-order valence-electron chi connectivity index (χ3n) is 5.02. The molecule has 1 fully saturated rings. The number of carboxylic acid groups (broad SMARTS) is 1. The summed E-state index contributed by atoms with van der Waals surface area (Å²) < 4.78 is 40.5. The molecule has 2 aromatic rings. The van der Waals surface area contributed by atoms with Crippen LogP contribution in [-0.4, -0.2) is 22.1 Å². The van der Waals surface area contributed by atoms with E-state index in [1.54, 1.807) is 31.2 Å². The van der Waals surface area contributed by atoms with Crippen molar-refractivity contribution in [1.29, 1.82) is 0 Å². The number of aliphatic carboxylic acids is 1. The molecule has 4 nitrogen and oxygen atoms in total. The Labute approximate surface area is 155 Å². The van der Waals surface area contributed by atoms with Crippen LogP contribution < -0.4 is 5.32 Å². The topological polar surface area (TPSA) is 62.2 Å². The van der Waals surface area contributed by atoms with Gasteiger partial charge in [-0.1, -0.05) is 37.1 Å². The summed E-state index contributed by atoms with van der Waals surface area (Å²) in [5.74, 6) is -1.19. The number of hydrogen-bond donors (Lipinski definition) is 2. The van der Waals surface area contributed by atoms with Crippen LogP contribution in [0.3, 0.4) is 0 Å². The Hall–Kier alpha value is -2.57. The molecule has 144 valence electrons. The predicted molar refractivity (Wildman–Crippen MR) is 96.4 cm³/mol. The van der Waals surface area contributed by atoms with E-state index in [4.69, 9.17) is 0 Å². The number of carbonyl (C=O) groups is 1. The average molecular weight is 378 g/mol. The zero-order valence-electron chi connectivity index (χ0n) is 14.9. The molecule has 1 aliphatic rings. The highest BCUT2D eigenvalue weighted by atomic mass is 19.4. The van der Waals surface area contributed by atoms with Gasteiger partial charge in [0, 0.05) is 11.6 Å². The lowest BCUT2D eigenvalue weighted by atomic mass is 9.84. The number of hydrogen-bond acceptors (Lipinski definition) is 3. The fraction of sp³-hybridized carbons (Fsp3) is 0.400. The van der Waals surface area contributed by atoms with E-state index >= 15 is 0 Å². The van der Waals surface area contributed by atoms with E-state index < -0.39 is 23.6 Å². The van der Waals surface area contributed by atoms with Crippen LogP contribution in [0.5, 0.6) is 0 Å². The highest BCUT2D eigenvalue weighted by Crippen LogP contribution is 2.38. The Kier molecular flexibility index (Phi) is 5.39. The summed E-state index contributed by atoms with van der Waals surface area (Å²) in [6.07, 6.45) is -1.61. The first kappa shape index (κ1) is 19.2. The Morgan fingerprint density at radius 3 is 2.52 bits per heavy atom. The lowest BCUT2D eigenvalue weighted by Gasteiger charge is -2.30. The summed E-state index contributed by atoms with van der Waals surface area (Å²) in [5, 5.41) is 12.5. The number of carboxylic acids is 1. The van der Waals surface area contributed by atoms with Crippen LogP contribution in [0.25, 0.3) is 11.3 Å². The Morgan fingerprint density at radius 1 is 1.15 bits per heavy atom. The first-order valence-corrected chi connectivity index (χ1v) is 8.91. The lowest BCUT2D eigenvalue weighted by Crippen LogP contribution is -2.37. The maximum absolute atomic E-state index is 13.5. The SMILES string of the molecule is Cc1ccccc1-c1nc(NC2CCCCC2C(=O)O)ccc1C(F)(F)F. The van der Waals surface area contributed by atoms with E-state index in [-0.39, 0.29) is 17.6 Å². The van der Waals surface area contributed by atoms with Crippen molar-refractivity contribution in [3.05, 3.63) is 47.5 Å². The fourth-order valence-electron chi connectivity index (χ4n) is 3.60. The van der Waals surface area contributed by atoms with Crippen molar-refractivity contribution >= 4 is 11.8 Å². The van der Waals surface area contributed by atoms with E-state index in [2.05, 4.69) is 10.3 Å². The lowest BCUT2D eigenvalue weighted by molar-refractivity contribution is -0.143. The van der Waals surface area contributed by atoms with Gasteiger partial charge >= 0.3 is 12.1 Å². The normalized spacial score (nSPS) is 20.3. The van der Waals surface area contributed by atoms with Crippen LogP contribution in [0.4, 0.5) is 19.0 Å². The molecule has 27 heavy (non-hydrogen) atoms. The van der Waals surface area contributed by atoms with Gasteiger partial charge in [-0.05, 0) is 37.5 Å². The molecule has 1 saturated carbocycles. The minimum atomic E-state index is -4.53. The van der Waals surface area contributed by atoms with Gasteiger partial charge in [-0.3, -0.25) is 4.79 Å². The largest absolute Gasteiger partial charge is 0.481 e. The number of benzene rings is 1. The molecule has 1 heterocycles. The van der Waals surface area contributed by atoms with Crippen LogP contribution in [0.2, 0.25) is 0 Å². The van der Waals surface area contributed by atoms with Crippen LogP contribution >= 0.6 is 0 Å². The number of anilines is 1. The summed E-state index contributed by atoms with van der Waals surface area (Å²) in [7, 11) is 0. The Balaban J connectivity index is 2.00. The third-order valence-corrected chi connectivity index (χ3v) is 5.02. The van der Waals surface area contributed by atoms with Crippen LogP contribution in [0.15, 0.2) is 36.4 Å². The van der Waals surface area contributed by atoms with Crippen LogP contribution in [0, 0.1) is 12.8 Å². The molecule has 3 rings (SSSR count). The quantitative estimate of drug-likeness (QED) is 0.774. The number of pyridine rings is 1. The number of alkyl halides is 3. The molecule has 2 unspecified atom stereocenters. The zero-order chi connectivity index (χ0) is 19.6. The van der Waals surface area contributed by atoms with E-state index in [9.17, 15) is 23.1 Å². The summed E-state index contributed by atoms with van der Waals surface area (Å²) in [5.41, 5.74) is 0.148. The van der Waals surface area contributed by atoms with Gasteiger partial charge in [0.05, 0.1) is 17.2 Å².